The predicted molar refractivity (Wildman–Crippen MR) is 104 cm³/mol. The SMILES string of the molecule is O=C1COc2ncc(C(=O)N3CCC(COc4ccc(Cl)cc4)CC3)cc2C1. The first kappa shape index (κ1) is 18.7. The van der Waals surface area contributed by atoms with Crippen LogP contribution in [0.1, 0.15) is 28.8 Å². The van der Waals surface area contributed by atoms with Crippen molar-refractivity contribution in [1.29, 1.82) is 0 Å². The molecule has 0 unspecified atom stereocenters. The molecule has 2 aromatic rings. The molecule has 6 nitrogen and oxygen atoms in total. The summed E-state index contributed by atoms with van der Waals surface area (Å²) in [6.45, 7) is 2.04. The number of aromatic nitrogens is 1. The first-order chi connectivity index (χ1) is 13.6. The van der Waals surface area contributed by atoms with Gasteiger partial charge in [0.25, 0.3) is 5.91 Å². The van der Waals surface area contributed by atoms with Crippen LogP contribution in [0.3, 0.4) is 0 Å². The molecule has 4 rings (SSSR count). The fourth-order valence-electron chi connectivity index (χ4n) is 3.51. The van der Waals surface area contributed by atoms with Crippen LogP contribution in [0.2, 0.25) is 5.02 Å². The molecule has 1 fully saturated rings. The number of Topliss-reactive ketones (excluding diaryl/α,β-unsaturated/α-hetero) is 1. The Balaban J connectivity index is 1.31. The lowest BCUT2D eigenvalue weighted by atomic mass is 9.97. The van der Waals surface area contributed by atoms with Gasteiger partial charge >= 0.3 is 0 Å². The van der Waals surface area contributed by atoms with E-state index in [2.05, 4.69) is 4.98 Å². The summed E-state index contributed by atoms with van der Waals surface area (Å²) in [6, 6.07) is 9.07. The smallest absolute Gasteiger partial charge is 0.255 e. The van der Waals surface area contributed by atoms with Crippen molar-refractivity contribution in [2.24, 2.45) is 5.92 Å². The van der Waals surface area contributed by atoms with E-state index in [9.17, 15) is 9.59 Å². The molecule has 0 radical (unpaired) electrons. The molecule has 2 aliphatic heterocycles. The predicted octanol–water partition coefficient (Wildman–Crippen LogP) is 3.17. The van der Waals surface area contributed by atoms with Crippen LogP contribution < -0.4 is 9.47 Å². The third kappa shape index (κ3) is 4.28. The number of nitrogens with zero attached hydrogens (tertiary/aromatic N) is 2. The van der Waals surface area contributed by atoms with Crippen molar-refractivity contribution in [3.05, 3.63) is 52.7 Å². The van der Waals surface area contributed by atoms with Gasteiger partial charge in [0.05, 0.1) is 12.2 Å². The summed E-state index contributed by atoms with van der Waals surface area (Å²) in [4.78, 5) is 30.4. The lowest BCUT2D eigenvalue weighted by Gasteiger charge is -2.32. The van der Waals surface area contributed by atoms with Crippen molar-refractivity contribution in [3.8, 4) is 11.6 Å². The van der Waals surface area contributed by atoms with Crippen LogP contribution in [0.15, 0.2) is 36.5 Å². The van der Waals surface area contributed by atoms with E-state index in [4.69, 9.17) is 21.1 Å². The summed E-state index contributed by atoms with van der Waals surface area (Å²) < 4.78 is 11.1. The minimum atomic E-state index is -0.0506. The third-order valence-corrected chi connectivity index (χ3v) is 5.38. The van der Waals surface area contributed by atoms with Gasteiger partial charge in [0, 0.05) is 36.3 Å². The quantitative estimate of drug-likeness (QED) is 0.788. The number of carbonyl (C=O) groups is 2. The van der Waals surface area contributed by atoms with E-state index in [1.54, 1.807) is 6.07 Å². The maximum atomic E-state index is 12.8. The highest BCUT2D eigenvalue weighted by molar-refractivity contribution is 6.30. The third-order valence-electron chi connectivity index (χ3n) is 5.13. The summed E-state index contributed by atoms with van der Waals surface area (Å²) in [5.74, 6) is 1.62. The highest BCUT2D eigenvalue weighted by Crippen LogP contribution is 2.25. The number of amides is 1. The molecule has 1 saturated heterocycles. The summed E-state index contributed by atoms with van der Waals surface area (Å²) in [7, 11) is 0. The monoisotopic (exact) mass is 400 g/mol. The molecular weight excluding hydrogens is 380 g/mol. The number of carbonyl (C=O) groups excluding carboxylic acids is 2. The molecule has 0 aliphatic carbocycles. The van der Waals surface area contributed by atoms with Gasteiger partial charge in [-0.25, -0.2) is 4.98 Å². The minimum absolute atomic E-state index is 0.000371. The molecule has 0 atom stereocenters. The standard InChI is InChI=1S/C21H21ClN2O4/c22-17-1-3-19(4-2-17)27-12-14-5-7-24(8-6-14)21(26)16-9-15-10-18(25)13-28-20(15)23-11-16/h1-4,9,11,14H,5-8,10,12-13H2. The van der Waals surface area contributed by atoms with E-state index in [0.29, 0.717) is 47.6 Å². The number of ether oxygens (including phenoxy) is 2. The number of rotatable bonds is 4. The topological polar surface area (TPSA) is 68.7 Å². The number of likely N-dealkylation sites (tertiary alicyclic amines) is 1. The van der Waals surface area contributed by atoms with Crippen LogP contribution in [-0.2, 0) is 11.2 Å². The van der Waals surface area contributed by atoms with E-state index in [1.165, 1.54) is 6.20 Å². The van der Waals surface area contributed by atoms with E-state index in [1.807, 2.05) is 29.2 Å². The molecular formula is C21H21ClN2O4. The van der Waals surface area contributed by atoms with Crippen LogP contribution in [0.4, 0.5) is 0 Å². The maximum Gasteiger partial charge on any atom is 0.255 e. The van der Waals surface area contributed by atoms with Crippen LogP contribution in [-0.4, -0.2) is 47.9 Å². The van der Waals surface area contributed by atoms with Gasteiger partial charge in [-0.3, -0.25) is 9.59 Å². The summed E-state index contributed by atoms with van der Waals surface area (Å²) in [5.41, 5.74) is 1.20. The number of piperidine rings is 1. The van der Waals surface area contributed by atoms with Crippen molar-refractivity contribution in [3.63, 3.8) is 0 Å². The summed E-state index contributed by atoms with van der Waals surface area (Å²) >= 11 is 5.88. The van der Waals surface area contributed by atoms with E-state index >= 15 is 0 Å². The van der Waals surface area contributed by atoms with Crippen molar-refractivity contribution < 1.29 is 19.1 Å². The molecule has 0 N–H and O–H groups in total. The maximum absolute atomic E-state index is 12.8. The lowest BCUT2D eigenvalue weighted by molar-refractivity contribution is -0.121. The Hall–Kier alpha value is -2.60. The van der Waals surface area contributed by atoms with Crippen LogP contribution >= 0.6 is 11.6 Å². The van der Waals surface area contributed by atoms with Crippen molar-refractivity contribution in [1.82, 2.24) is 9.88 Å². The number of ketones is 1. The molecule has 146 valence electrons. The average Bonchev–Trinajstić information content (AvgIpc) is 2.72. The van der Waals surface area contributed by atoms with Crippen molar-refractivity contribution in [2.45, 2.75) is 19.3 Å². The van der Waals surface area contributed by atoms with E-state index < -0.39 is 0 Å². The van der Waals surface area contributed by atoms with Crippen molar-refractivity contribution >= 4 is 23.3 Å². The molecule has 0 saturated carbocycles. The Labute approximate surface area is 168 Å². The second-order valence-electron chi connectivity index (χ2n) is 7.19. The Bertz CT molecular complexity index is 876. The Morgan fingerprint density at radius 3 is 2.75 bits per heavy atom. The zero-order chi connectivity index (χ0) is 19.5. The molecule has 0 spiro atoms. The largest absolute Gasteiger partial charge is 0.493 e. The van der Waals surface area contributed by atoms with Gasteiger partial charge in [0.2, 0.25) is 5.88 Å². The Morgan fingerprint density at radius 2 is 2.00 bits per heavy atom. The van der Waals surface area contributed by atoms with Gasteiger partial charge < -0.3 is 14.4 Å². The molecule has 1 aromatic carbocycles. The number of fused-ring (bicyclic) bond motifs is 1. The molecule has 1 aromatic heterocycles. The second kappa shape index (κ2) is 8.19. The van der Waals surface area contributed by atoms with Gasteiger partial charge in [-0.15, -0.1) is 0 Å². The highest BCUT2D eigenvalue weighted by Gasteiger charge is 2.26. The van der Waals surface area contributed by atoms with Gasteiger partial charge in [0.15, 0.2) is 5.78 Å². The van der Waals surface area contributed by atoms with Gasteiger partial charge in [0.1, 0.15) is 12.4 Å². The van der Waals surface area contributed by atoms with E-state index in [0.717, 1.165) is 18.6 Å². The normalized spacial score (nSPS) is 17.0. The molecule has 28 heavy (non-hydrogen) atoms. The number of hydrogen-bond acceptors (Lipinski definition) is 5. The van der Waals surface area contributed by atoms with Crippen LogP contribution in [0, 0.1) is 5.92 Å². The number of pyridine rings is 1. The first-order valence-corrected chi connectivity index (χ1v) is 9.77. The molecule has 0 bridgehead atoms. The second-order valence-corrected chi connectivity index (χ2v) is 7.63. The highest BCUT2D eigenvalue weighted by atomic mass is 35.5. The van der Waals surface area contributed by atoms with Crippen LogP contribution in [0.25, 0.3) is 0 Å². The minimum Gasteiger partial charge on any atom is -0.493 e. The zero-order valence-corrected chi connectivity index (χ0v) is 16.2. The van der Waals surface area contributed by atoms with Gasteiger partial charge in [-0.2, -0.15) is 0 Å². The molecule has 2 aliphatic rings. The Kier molecular flexibility index (Phi) is 5.48. The average molecular weight is 401 g/mol. The first-order valence-electron chi connectivity index (χ1n) is 9.39. The van der Waals surface area contributed by atoms with E-state index in [-0.39, 0.29) is 24.7 Å². The van der Waals surface area contributed by atoms with Gasteiger partial charge in [-0.05, 0) is 49.1 Å². The Morgan fingerprint density at radius 1 is 1.25 bits per heavy atom. The van der Waals surface area contributed by atoms with Crippen molar-refractivity contribution in [2.75, 3.05) is 26.3 Å². The fourth-order valence-corrected chi connectivity index (χ4v) is 3.64. The number of halogens is 1. The summed E-state index contributed by atoms with van der Waals surface area (Å²) in [6.07, 6.45) is 3.58. The molecule has 1 amide bonds. The molecule has 3 heterocycles. The zero-order valence-electron chi connectivity index (χ0n) is 15.4. The lowest BCUT2D eigenvalue weighted by Crippen LogP contribution is -2.39. The fraction of sp³-hybridized carbons (Fsp3) is 0.381. The summed E-state index contributed by atoms with van der Waals surface area (Å²) in [5, 5.41) is 0.687. The van der Waals surface area contributed by atoms with Crippen LogP contribution in [0.5, 0.6) is 11.6 Å². The van der Waals surface area contributed by atoms with Gasteiger partial charge in [-0.1, -0.05) is 11.6 Å². The molecule has 7 heteroatoms. The number of hydrogen-bond donors (Lipinski definition) is 0. The number of benzene rings is 1.